The molecule has 0 aromatic heterocycles. The lowest BCUT2D eigenvalue weighted by atomic mass is 9.86. The van der Waals surface area contributed by atoms with Gasteiger partial charge in [-0.2, -0.15) is 11.8 Å². The maximum Gasteiger partial charge on any atom is 0.0575 e. The Bertz CT molecular complexity index is 318. The average molecular weight is 383 g/mol. The van der Waals surface area contributed by atoms with Gasteiger partial charge in [0.05, 0.1) is 6.10 Å². The Labute approximate surface area is 168 Å². The van der Waals surface area contributed by atoms with E-state index in [1.165, 1.54) is 128 Å². The minimum absolute atomic E-state index is 0.599. The van der Waals surface area contributed by atoms with Gasteiger partial charge in [-0.1, -0.05) is 77.6 Å². The third-order valence-electron chi connectivity index (χ3n) is 6.76. The van der Waals surface area contributed by atoms with Crippen LogP contribution in [-0.4, -0.2) is 23.2 Å². The molecule has 2 fully saturated rings. The fourth-order valence-electron chi connectivity index (χ4n) is 4.83. The Kier molecular flexibility index (Phi) is 12.5. The van der Waals surface area contributed by atoms with E-state index >= 15 is 0 Å². The van der Waals surface area contributed by atoms with E-state index in [2.05, 4.69) is 18.7 Å². The van der Waals surface area contributed by atoms with E-state index in [0.29, 0.717) is 10.9 Å². The Morgan fingerprint density at radius 3 is 2.04 bits per heavy atom. The van der Waals surface area contributed by atoms with Crippen LogP contribution in [0.5, 0.6) is 0 Å². The van der Waals surface area contributed by atoms with Crippen LogP contribution < -0.4 is 0 Å². The summed E-state index contributed by atoms with van der Waals surface area (Å²) >= 11 is 2.32. The van der Waals surface area contributed by atoms with E-state index in [4.69, 9.17) is 4.74 Å². The lowest BCUT2D eigenvalue weighted by Gasteiger charge is -2.36. The largest absolute Gasteiger partial charge is 0.378 e. The average Bonchev–Trinajstić information content (AvgIpc) is 2.70. The molecule has 1 heterocycles. The van der Waals surface area contributed by atoms with Gasteiger partial charge in [0.15, 0.2) is 0 Å². The van der Waals surface area contributed by atoms with E-state index in [-0.39, 0.29) is 0 Å². The van der Waals surface area contributed by atoms with E-state index in [0.717, 1.165) is 6.61 Å². The van der Waals surface area contributed by atoms with E-state index in [1.807, 2.05) is 0 Å². The standard InChI is InChI=1S/C24H46OS/c1-2-24(19-13-10-14-20-24)26-22-16-9-7-5-3-4-6-8-11-17-23-18-12-15-21-25-23/h23H,2-22H2,1H3. The van der Waals surface area contributed by atoms with Crippen molar-refractivity contribution >= 4 is 11.8 Å². The van der Waals surface area contributed by atoms with Gasteiger partial charge in [0, 0.05) is 11.4 Å². The second-order valence-corrected chi connectivity index (χ2v) is 10.5. The molecule has 0 amide bonds. The molecule has 2 heteroatoms. The lowest BCUT2D eigenvalue weighted by molar-refractivity contribution is 0.00977. The number of unbranched alkanes of at least 4 members (excludes halogenated alkanes) is 8. The second kappa shape index (κ2) is 14.3. The predicted octanol–water partition coefficient (Wildman–Crippen LogP) is 8.30. The van der Waals surface area contributed by atoms with Gasteiger partial charge in [0.1, 0.15) is 0 Å². The summed E-state index contributed by atoms with van der Waals surface area (Å²) in [6.45, 7) is 3.43. The van der Waals surface area contributed by atoms with Crippen molar-refractivity contribution in [1.82, 2.24) is 0 Å². The van der Waals surface area contributed by atoms with Crippen LogP contribution in [0.4, 0.5) is 0 Å². The molecule has 1 atom stereocenters. The molecule has 0 radical (unpaired) electrons. The van der Waals surface area contributed by atoms with Crippen LogP contribution in [-0.2, 0) is 4.74 Å². The quantitative estimate of drug-likeness (QED) is 0.279. The molecule has 1 saturated carbocycles. The maximum atomic E-state index is 5.82. The smallest absolute Gasteiger partial charge is 0.0575 e. The Hall–Kier alpha value is 0.310. The number of ether oxygens (including phenoxy) is 1. The Morgan fingerprint density at radius 1 is 0.769 bits per heavy atom. The molecular weight excluding hydrogens is 336 g/mol. The first-order valence-electron chi connectivity index (χ1n) is 12.1. The minimum Gasteiger partial charge on any atom is -0.378 e. The molecule has 0 aromatic carbocycles. The molecule has 0 aromatic rings. The van der Waals surface area contributed by atoms with E-state index in [9.17, 15) is 0 Å². The fraction of sp³-hybridized carbons (Fsp3) is 1.00. The lowest BCUT2D eigenvalue weighted by Crippen LogP contribution is -2.27. The van der Waals surface area contributed by atoms with Gasteiger partial charge < -0.3 is 4.74 Å². The molecule has 0 spiro atoms. The van der Waals surface area contributed by atoms with Crippen molar-refractivity contribution in [3.05, 3.63) is 0 Å². The summed E-state index contributed by atoms with van der Waals surface area (Å²) in [5.74, 6) is 1.41. The highest BCUT2D eigenvalue weighted by molar-refractivity contribution is 8.00. The molecule has 1 aliphatic heterocycles. The van der Waals surface area contributed by atoms with E-state index in [1.54, 1.807) is 0 Å². The van der Waals surface area contributed by atoms with Gasteiger partial charge in [-0.15, -0.1) is 0 Å². The van der Waals surface area contributed by atoms with Gasteiger partial charge in [-0.05, 0) is 57.1 Å². The van der Waals surface area contributed by atoms with Crippen LogP contribution in [0.1, 0.15) is 129 Å². The fourth-order valence-corrected chi connectivity index (χ4v) is 6.39. The van der Waals surface area contributed by atoms with Crippen molar-refractivity contribution in [2.75, 3.05) is 12.4 Å². The topological polar surface area (TPSA) is 9.23 Å². The van der Waals surface area contributed by atoms with Crippen molar-refractivity contribution in [2.24, 2.45) is 0 Å². The highest BCUT2D eigenvalue weighted by Crippen LogP contribution is 2.42. The summed E-state index contributed by atoms with van der Waals surface area (Å²) < 4.78 is 6.49. The van der Waals surface area contributed by atoms with Crippen LogP contribution in [0, 0.1) is 0 Å². The third-order valence-corrected chi connectivity index (χ3v) is 8.56. The molecule has 0 bridgehead atoms. The Morgan fingerprint density at radius 2 is 1.42 bits per heavy atom. The normalized spacial score (nSPS) is 23.2. The number of hydrogen-bond donors (Lipinski definition) is 0. The molecule has 2 aliphatic rings. The zero-order valence-corrected chi connectivity index (χ0v) is 18.6. The predicted molar refractivity (Wildman–Crippen MR) is 118 cm³/mol. The molecule has 1 saturated heterocycles. The van der Waals surface area contributed by atoms with Crippen LogP contribution in [0.3, 0.4) is 0 Å². The number of hydrogen-bond acceptors (Lipinski definition) is 2. The van der Waals surface area contributed by atoms with Gasteiger partial charge in [-0.3, -0.25) is 0 Å². The molecule has 26 heavy (non-hydrogen) atoms. The van der Waals surface area contributed by atoms with Crippen molar-refractivity contribution in [3.63, 3.8) is 0 Å². The third kappa shape index (κ3) is 9.49. The van der Waals surface area contributed by atoms with Crippen molar-refractivity contribution in [2.45, 2.75) is 140 Å². The van der Waals surface area contributed by atoms with Crippen molar-refractivity contribution in [3.8, 4) is 0 Å². The monoisotopic (exact) mass is 382 g/mol. The highest BCUT2D eigenvalue weighted by Gasteiger charge is 2.29. The molecule has 0 N–H and O–H groups in total. The first-order chi connectivity index (χ1) is 12.8. The number of thioether (sulfide) groups is 1. The second-order valence-electron chi connectivity index (χ2n) is 8.90. The summed E-state index contributed by atoms with van der Waals surface area (Å²) in [5.41, 5.74) is 0. The maximum absolute atomic E-state index is 5.82. The van der Waals surface area contributed by atoms with Crippen LogP contribution in [0.25, 0.3) is 0 Å². The first-order valence-corrected chi connectivity index (χ1v) is 13.1. The van der Waals surface area contributed by atoms with Gasteiger partial charge in [-0.25, -0.2) is 0 Å². The minimum atomic E-state index is 0.599. The van der Waals surface area contributed by atoms with Crippen LogP contribution in [0.15, 0.2) is 0 Å². The summed E-state index contributed by atoms with van der Waals surface area (Å²) in [4.78, 5) is 0. The van der Waals surface area contributed by atoms with E-state index < -0.39 is 0 Å². The zero-order valence-electron chi connectivity index (χ0n) is 17.7. The molecule has 2 rings (SSSR count). The summed E-state index contributed by atoms with van der Waals surface area (Å²) in [7, 11) is 0. The molecular formula is C24H46OS. The highest BCUT2D eigenvalue weighted by atomic mass is 32.2. The molecule has 1 aliphatic carbocycles. The zero-order chi connectivity index (χ0) is 18.3. The number of rotatable bonds is 14. The van der Waals surface area contributed by atoms with Gasteiger partial charge in [0.25, 0.3) is 0 Å². The molecule has 1 unspecified atom stereocenters. The summed E-state index contributed by atoms with van der Waals surface area (Å²) in [6.07, 6.45) is 27.8. The first kappa shape index (κ1) is 22.6. The van der Waals surface area contributed by atoms with Gasteiger partial charge in [0.2, 0.25) is 0 Å². The van der Waals surface area contributed by atoms with Gasteiger partial charge >= 0.3 is 0 Å². The van der Waals surface area contributed by atoms with Crippen LogP contribution >= 0.6 is 11.8 Å². The summed E-state index contributed by atoms with van der Waals surface area (Å²) in [6, 6.07) is 0. The summed E-state index contributed by atoms with van der Waals surface area (Å²) in [5, 5.41) is 0. The Balaban J connectivity index is 1.31. The SMILES string of the molecule is CCC1(SCCCCCCCCCCCC2CCCCO2)CCCCC1. The van der Waals surface area contributed by atoms with Crippen molar-refractivity contribution in [1.29, 1.82) is 0 Å². The van der Waals surface area contributed by atoms with Crippen LogP contribution in [0.2, 0.25) is 0 Å². The van der Waals surface area contributed by atoms with Crippen molar-refractivity contribution < 1.29 is 4.74 Å². The molecule has 154 valence electrons. The molecule has 1 nitrogen and oxygen atoms in total.